The molecule has 1 aliphatic carbocycles. The molecule has 108 valence electrons. The number of benzene rings is 1. The Morgan fingerprint density at radius 2 is 2.35 bits per heavy atom. The Labute approximate surface area is 118 Å². The molecule has 0 aromatic heterocycles. The van der Waals surface area contributed by atoms with Gasteiger partial charge in [-0.25, -0.2) is 4.39 Å². The molecule has 0 spiro atoms. The molecule has 0 saturated carbocycles. The molecule has 0 radical (unpaired) electrons. The van der Waals surface area contributed by atoms with E-state index in [1.54, 1.807) is 12.1 Å². The number of halogens is 1. The van der Waals surface area contributed by atoms with Crippen LogP contribution in [0, 0.1) is 11.7 Å². The molecule has 1 N–H and O–H groups in total. The van der Waals surface area contributed by atoms with Crippen LogP contribution in [0.3, 0.4) is 0 Å². The highest BCUT2D eigenvalue weighted by Crippen LogP contribution is 2.23. The third-order valence-electron chi connectivity index (χ3n) is 3.61. The summed E-state index contributed by atoms with van der Waals surface area (Å²) in [6, 6.07) is 4.53. The normalized spacial score (nSPS) is 18.9. The Kier molecular flexibility index (Phi) is 4.77. The van der Waals surface area contributed by atoms with Crippen LogP contribution in [0.5, 0.6) is 5.75 Å². The van der Waals surface area contributed by atoms with E-state index in [0.717, 1.165) is 18.4 Å². The highest BCUT2D eigenvalue weighted by Gasteiger charge is 2.16. The van der Waals surface area contributed by atoms with Crippen LogP contribution >= 0.6 is 0 Å². The number of nitrogens with one attached hydrogen (secondary N) is 1. The first kappa shape index (κ1) is 14.6. The molecule has 1 amide bonds. The van der Waals surface area contributed by atoms with Crippen LogP contribution in [-0.4, -0.2) is 13.0 Å². The van der Waals surface area contributed by atoms with Crippen molar-refractivity contribution in [1.29, 1.82) is 0 Å². The van der Waals surface area contributed by atoms with Crippen LogP contribution < -0.4 is 10.1 Å². The van der Waals surface area contributed by atoms with E-state index in [1.165, 1.54) is 13.2 Å². The number of hydrogen-bond acceptors (Lipinski definition) is 2. The summed E-state index contributed by atoms with van der Waals surface area (Å²) in [6.07, 6.45) is 6.80. The van der Waals surface area contributed by atoms with Gasteiger partial charge in [-0.3, -0.25) is 4.79 Å². The van der Waals surface area contributed by atoms with Gasteiger partial charge in [0, 0.05) is 6.42 Å². The Balaban J connectivity index is 1.93. The van der Waals surface area contributed by atoms with E-state index in [1.807, 2.05) is 6.92 Å². The average Bonchev–Trinajstić information content (AvgIpc) is 2.91. The smallest absolute Gasteiger partial charge is 0.221 e. The van der Waals surface area contributed by atoms with Crippen LogP contribution in [-0.2, 0) is 4.79 Å². The molecule has 0 saturated heterocycles. The second-order valence-corrected chi connectivity index (χ2v) is 5.15. The van der Waals surface area contributed by atoms with E-state index >= 15 is 0 Å². The Bertz CT molecular complexity index is 513. The molecule has 20 heavy (non-hydrogen) atoms. The monoisotopic (exact) mass is 277 g/mol. The predicted molar refractivity (Wildman–Crippen MR) is 76.0 cm³/mol. The zero-order valence-electron chi connectivity index (χ0n) is 11.9. The number of amides is 1. The first-order valence-electron chi connectivity index (χ1n) is 6.89. The van der Waals surface area contributed by atoms with E-state index in [0.29, 0.717) is 12.3 Å². The molecule has 2 rings (SSSR count). The molecule has 0 aliphatic heterocycles. The second kappa shape index (κ2) is 6.55. The van der Waals surface area contributed by atoms with Gasteiger partial charge in [-0.15, -0.1) is 0 Å². The van der Waals surface area contributed by atoms with Gasteiger partial charge in [0.15, 0.2) is 11.6 Å². The first-order valence-corrected chi connectivity index (χ1v) is 6.89. The lowest BCUT2D eigenvalue weighted by Gasteiger charge is -2.16. The summed E-state index contributed by atoms with van der Waals surface area (Å²) in [6.45, 7) is 1.85. The Morgan fingerprint density at radius 3 is 2.95 bits per heavy atom. The minimum Gasteiger partial charge on any atom is -0.494 e. The van der Waals surface area contributed by atoms with E-state index < -0.39 is 5.82 Å². The fourth-order valence-electron chi connectivity index (χ4n) is 2.44. The summed E-state index contributed by atoms with van der Waals surface area (Å²) >= 11 is 0. The number of hydrogen-bond donors (Lipinski definition) is 1. The number of allylic oxidation sites excluding steroid dienone is 2. The molecule has 2 atom stereocenters. The number of carbonyl (C=O) groups excluding carboxylic acids is 1. The zero-order valence-corrected chi connectivity index (χ0v) is 11.9. The maximum absolute atomic E-state index is 13.6. The molecule has 0 fully saturated rings. The van der Waals surface area contributed by atoms with Gasteiger partial charge in [0.1, 0.15) is 0 Å². The molecule has 0 heterocycles. The molecule has 4 heteroatoms. The summed E-state index contributed by atoms with van der Waals surface area (Å²) in [5, 5.41) is 2.91. The number of ether oxygens (including phenoxy) is 1. The molecule has 3 nitrogen and oxygen atoms in total. The van der Waals surface area contributed by atoms with Crippen molar-refractivity contribution >= 4 is 5.91 Å². The zero-order chi connectivity index (χ0) is 14.5. The fraction of sp³-hybridized carbons (Fsp3) is 0.438. The third kappa shape index (κ3) is 3.59. The molecule has 1 aromatic rings. The minimum absolute atomic E-state index is 0.00489. The fourth-order valence-corrected chi connectivity index (χ4v) is 2.44. The lowest BCUT2D eigenvalue weighted by molar-refractivity contribution is -0.122. The maximum atomic E-state index is 13.6. The minimum atomic E-state index is -0.412. The van der Waals surface area contributed by atoms with Gasteiger partial charge in [0.2, 0.25) is 5.91 Å². The molecular formula is C16H20FNO2. The quantitative estimate of drug-likeness (QED) is 0.838. The van der Waals surface area contributed by atoms with Gasteiger partial charge >= 0.3 is 0 Å². The van der Waals surface area contributed by atoms with Crippen LogP contribution in [0.4, 0.5) is 4.39 Å². The molecular weight excluding hydrogens is 257 g/mol. The van der Waals surface area contributed by atoms with Crippen LogP contribution in [0.2, 0.25) is 0 Å². The van der Waals surface area contributed by atoms with Crippen molar-refractivity contribution in [1.82, 2.24) is 5.32 Å². The standard InChI is InChI=1S/C16H20FNO2/c1-11(13-7-8-15(20-2)14(17)10-13)18-16(19)9-12-5-3-4-6-12/h3,5,7-8,10-12H,4,6,9H2,1-2H3,(H,18,19). The van der Waals surface area contributed by atoms with Gasteiger partial charge in [-0.2, -0.15) is 0 Å². The van der Waals surface area contributed by atoms with Crippen molar-refractivity contribution in [2.45, 2.75) is 32.2 Å². The van der Waals surface area contributed by atoms with Crippen molar-refractivity contribution in [3.8, 4) is 5.75 Å². The molecule has 0 bridgehead atoms. The molecule has 2 unspecified atom stereocenters. The largest absolute Gasteiger partial charge is 0.494 e. The lowest BCUT2D eigenvalue weighted by Crippen LogP contribution is -2.27. The SMILES string of the molecule is COc1ccc(C(C)NC(=O)CC2C=CCC2)cc1F. The number of methoxy groups -OCH3 is 1. The van der Waals surface area contributed by atoms with Gasteiger partial charge in [-0.1, -0.05) is 18.2 Å². The van der Waals surface area contributed by atoms with Gasteiger partial charge in [-0.05, 0) is 43.4 Å². The summed E-state index contributed by atoms with van der Waals surface area (Å²) in [5.41, 5.74) is 0.735. The van der Waals surface area contributed by atoms with E-state index in [2.05, 4.69) is 17.5 Å². The number of carbonyl (C=O) groups is 1. The summed E-state index contributed by atoms with van der Waals surface area (Å²) < 4.78 is 18.5. The van der Waals surface area contributed by atoms with E-state index in [9.17, 15) is 9.18 Å². The second-order valence-electron chi connectivity index (χ2n) is 5.15. The maximum Gasteiger partial charge on any atom is 0.221 e. The third-order valence-corrected chi connectivity index (χ3v) is 3.61. The van der Waals surface area contributed by atoms with Crippen molar-refractivity contribution in [2.75, 3.05) is 7.11 Å². The predicted octanol–water partition coefficient (Wildman–Crippen LogP) is 3.37. The summed E-state index contributed by atoms with van der Waals surface area (Å²) in [5.74, 6) is 0.147. The van der Waals surface area contributed by atoms with Crippen LogP contribution in [0.15, 0.2) is 30.4 Å². The summed E-state index contributed by atoms with van der Waals surface area (Å²) in [7, 11) is 1.43. The highest BCUT2D eigenvalue weighted by atomic mass is 19.1. The van der Waals surface area contributed by atoms with Gasteiger partial charge in [0.25, 0.3) is 0 Å². The number of rotatable bonds is 5. The average molecular weight is 277 g/mol. The lowest BCUT2D eigenvalue weighted by atomic mass is 10.0. The van der Waals surface area contributed by atoms with Crippen molar-refractivity contribution < 1.29 is 13.9 Å². The molecule has 1 aromatic carbocycles. The van der Waals surface area contributed by atoms with Gasteiger partial charge < -0.3 is 10.1 Å². The van der Waals surface area contributed by atoms with Crippen molar-refractivity contribution in [3.63, 3.8) is 0 Å². The Morgan fingerprint density at radius 1 is 1.55 bits per heavy atom. The van der Waals surface area contributed by atoms with Gasteiger partial charge in [0.05, 0.1) is 13.2 Å². The van der Waals surface area contributed by atoms with Crippen LogP contribution in [0.25, 0.3) is 0 Å². The van der Waals surface area contributed by atoms with Crippen LogP contribution in [0.1, 0.15) is 37.8 Å². The highest BCUT2D eigenvalue weighted by molar-refractivity contribution is 5.77. The van der Waals surface area contributed by atoms with E-state index in [-0.39, 0.29) is 17.7 Å². The van der Waals surface area contributed by atoms with Crippen molar-refractivity contribution in [2.24, 2.45) is 5.92 Å². The Hall–Kier alpha value is -1.84. The topological polar surface area (TPSA) is 38.3 Å². The molecule has 1 aliphatic rings. The summed E-state index contributed by atoms with van der Waals surface area (Å²) in [4.78, 5) is 11.9. The first-order chi connectivity index (χ1) is 9.60. The van der Waals surface area contributed by atoms with Crippen molar-refractivity contribution in [3.05, 3.63) is 41.7 Å². The van der Waals surface area contributed by atoms with E-state index in [4.69, 9.17) is 4.74 Å².